The van der Waals surface area contributed by atoms with E-state index in [1.54, 1.807) is 42.5 Å². The van der Waals surface area contributed by atoms with Gasteiger partial charge < -0.3 is 4.74 Å². The van der Waals surface area contributed by atoms with Gasteiger partial charge in [0.2, 0.25) is 4.96 Å². The van der Waals surface area contributed by atoms with Crippen molar-refractivity contribution in [2.75, 3.05) is 0 Å². The standard InChI is InChI=1S/C19H12ClN3O3S/c1-11(24)26-15-5-3-2-4-14(15)17-21-19-23(22-17)18(25)16(27-19)10-12-6-8-13(20)9-7-12/h2-10H,1H3/b16-10-. The van der Waals surface area contributed by atoms with Crippen LogP contribution in [-0.2, 0) is 4.79 Å². The maximum absolute atomic E-state index is 12.6. The van der Waals surface area contributed by atoms with E-state index in [2.05, 4.69) is 10.1 Å². The number of nitrogens with zero attached hydrogens (tertiary/aromatic N) is 3. The molecular weight excluding hydrogens is 386 g/mol. The summed E-state index contributed by atoms with van der Waals surface area (Å²) < 4.78 is 6.97. The van der Waals surface area contributed by atoms with Gasteiger partial charge in [-0.05, 0) is 35.9 Å². The number of para-hydroxylation sites is 1. The number of ether oxygens (including phenoxy) is 1. The van der Waals surface area contributed by atoms with E-state index in [-0.39, 0.29) is 5.56 Å². The smallest absolute Gasteiger partial charge is 0.308 e. The Kier molecular flexibility index (Phi) is 4.47. The molecule has 8 heteroatoms. The first-order valence-corrected chi connectivity index (χ1v) is 9.15. The molecule has 0 amide bonds. The fourth-order valence-electron chi connectivity index (χ4n) is 2.55. The maximum Gasteiger partial charge on any atom is 0.308 e. The molecule has 4 rings (SSSR count). The number of aromatic nitrogens is 3. The van der Waals surface area contributed by atoms with Crippen LogP contribution in [0.15, 0.2) is 53.3 Å². The molecule has 0 N–H and O–H groups in total. The van der Waals surface area contributed by atoms with Gasteiger partial charge in [-0.25, -0.2) is 0 Å². The molecule has 4 aromatic rings. The van der Waals surface area contributed by atoms with Gasteiger partial charge in [-0.3, -0.25) is 9.59 Å². The highest BCUT2D eigenvalue weighted by atomic mass is 35.5. The molecule has 134 valence electrons. The van der Waals surface area contributed by atoms with Crippen LogP contribution in [-0.4, -0.2) is 20.6 Å². The molecule has 0 aliphatic heterocycles. The topological polar surface area (TPSA) is 73.6 Å². The van der Waals surface area contributed by atoms with Gasteiger partial charge in [0.25, 0.3) is 5.56 Å². The first-order valence-electron chi connectivity index (χ1n) is 7.96. The number of hydrogen-bond acceptors (Lipinski definition) is 6. The molecule has 2 aromatic heterocycles. The summed E-state index contributed by atoms with van der Waals surface area (Å²) in [6, 6.07) is 14.1. The van der Waals surface area contributed by atoms with Gasteiger partial charge in [0, 0.05) is 11.9 Å². The van der Waals surface area contributed by atoms with Gasteiger partial charge in [-0.15, -0.1) is 5.10 Å². The molecule has 0 aliphatic carbocycles. The summed E-state index contributed by atoms with van der Waals surface area (Å²) in [6.45, 7) is 1.32. The van der Waals surface area contributed by atoms with Crippen molar-refractivity contribution in [2.45, 2.75) is 6.92 Å². The Hall–Kier alpha value is -3.03. The van der Waals surface area contributed by atoms with Crippen molar-refractivity contribution in [2.24, 2.45) is 0 Å². The van der Waals surface area contributed by atoms with Crippen molar-refractivity contribution in [1.82, 2.24) is 14.6 Å². The SMILES string of the molecule is CC(=O)Oc1ccccc1-c1nc2s/c(=C\c3ccc(Cl)cc3)c(=O)n2n1. The molecule has 2 heterocycles. The molecule has 0 spiro atoms. The van der Waals surface area contributed by atoms with Crippen molar-refractivity contribution >= 4 is 39.9 Å². The average Bonchev–Trinajstić information content (AvgIpc) is 3.17. The highest BCUT2D eigenvalue weighted by Gasteiger charge is 2.16. The lowest BCUT2D eigenvalue weighted by molar-refractivity contribution is -0.131. The van der Waals surface area contributed by atoms with E-state index >= 15 is 0 Å². The zero-order valence-electron chi connectivity index (χ0n) is 14.0. The maximum atomic E-state index is 12.6. The van der Waals surface area contributed by atoms with Crippen LogP contribution >= 0.6 is 22.9 Å². The van der Waals surface area contributed by atoms with E-state index in [4.69, 9.17) is 16.3 Å². The molecule has 27 heavy (non-hydrogen) atoms. The molecule has 0 saturated heterocycles. The highest BCUT2D eigenvalue weighted by molar-refractivity contribution is 7.15. The van der Waals surface area contributed by atoms with E-state index in [9.17, 15) is 9.59 Å². The minimum Gasteiger partial charge on any atom is -0.426 e. The van der Waals surface area contributed by atoms with Gasteiger partial charge in [0.05, 0.1) is 10.1 Å². The van der Waals surface area contributed by atoms with Crippen LogP contribution in [0.1, 0.15) is 12.5 Å². The molecule has 0 saturated carbocycles. The third kappa shape index (κ3) is 3.47. The predicted octanol–water partition coefficient (Wildman–Crippen LogP) is 2.94. The Morgan fingerprint density at radius 1 is 1.19 bits per heavy atom. The van der Waals surface area contributed by atoms with E-state index < -0.39 is 5.97 Å². The second-order valence-electron chi connectivity index (χ2n) is 5.69. The fourth-order valence-corrected chi connectivity index (χ4v) is 3.59. The van der Waals surface area contributed by atoms with Crippen LogP contribution in [0.4, 0.5) is 0 Å². The largest absolute Gasteiger partial charge is 0.426 e. The van der Waals surface area contributed by atoms with Crippen molar-refractivity contribution in [3.63, 3.8) is 0 Å². The number of carbonyl (C=O) groups is 1. The van der Waals surface area contributed by atoms with Crippen LogP contribution in [0.5, 0.6) is 5.75 Å². The zero-order valence-corrected chi connectivity index (χ0v) is 15.6. The second-order valence-corrected chi connectivity index (χ2v) is 7.13. The summed E-state index contributed by atoms with van der Waals surface area (Å²) in [5.74, 6) is 0.240. The number of fused-ring (bicyclic) bond motifs is 1. The third-order valence-corrected chi connectivity index (χ3v) is 4.94. The summed E-state index contributed by atoms with van der Waals surface area (Å²) in [5.41, 5.74) is 1.15. The molecule has 0 atom stereocenters. The molecular formula is C19H12ClN3O3S. The minimum absolute atomic E-state index is 0.256. The van der Waals surface area contributed by atoms with E-state index in [1.807, 2.05) is 12.1 Å². The average molecular weight is 398 g/mol. The van der Waals surface area contributed by atoms with Crippen molar-refractivity contribution in [3.05, 3.63) is 74.0 Å². The first kappa shape index (κ1) is 17.4. The van der Waals surface area contributed by atoms with E-state index in [1.165, 1.54) is 22.8 Å². The fraction of sp³-hybridized carbons (Fsp3) is 0.0526. The number of esters is 1. The van der Waals surface area contributed by atoms with Crippen molar-refractivity contribution in [1.29, 1.82) is 0 Å². The molecule has 0 aliphatic rings. The summed E-state index contributed by atoms with van der Waals surface area (Å²) in [5, 5.41) is 4.93. The molecule has 0 fully saturated rings. The van der Waals surface area contributed by atoms with E-state index in [0.29, 0.717) is 31.7 Å². The summed E-state index contributed by atoms with van der Waals surface area (Å²) in [7, 11) is 0. The zero-order chi connectivity index (χ0) is 19.0. The lowest BCUT2D eigenvalue weighted by Gasteiger charge is -2.04. The van der Waals surface area contributed by atoms with Crippen molar-refractivity contribution in [3.8, 4) is 17.1 Å². The monoisotopic (exact) mass is 397 g/mol. The third-order valence-electron chi connectivity index (χ3n) is 3.73. The molecule has 0 unspecified atom stereocenters. The Bertz CT molecular complexity index is 1260. The van der Waals surface area contributed by atoms with Crippen LogP contribution < -0.4 is 14.8 Å². The predicted molar refractivity (Wildman–Crippen MR) is 104 cm³/mol. The molecule has 6 nitrogen and oxygen atoms in total. The van der Waals surface area contributed by atoms with Crippen LogP contribution in [0.2, 0.25) is 5.02 Å². The Labute approximate surface area is 162 Å². The minimum atomic E-state index is -0.437. The van der Waals surface area contributed by atoms with Crippen LogP contribution in [0.3, 0.4) is 0 Å². The molecule has 0 bridgehead atoms. The summed E-state index contributed by atoms with van der Waals surface area (Å²) in [6.07, 6.45) is 1.77. The summed E-state index contributed by atoms with van der Waals surface area (Å²) in [4.78, 5) is 28.8. The summed E-state index contributed by atoms with van der Waals surface area (Å²) >= 11 is 7.12. The van der Waals surface area contributed by atoms with Gasteiger partial charge >= 0.3 is 5.97 Å². The Morgan fingerprint density at radius 3 is 2.63 bits per heavy atom. The van der Waals surface area contributed by atoms with Gasteiger partial charge in [0.1, 0.15) is 5.75 Å². The van der Waals surface area contributed by atoms with Crippen LogP contribution in [0, 0.1) is 0 Å². The number of benzene rings is 2. The molecule has 2 aromatic carbocycles. The quantitative estimate of drug-likeness (QED) is 0.392. The lowest BCUT2D eigenvalue weighted by atomic mass is 10.2. The number of hydrogen-bond donors (Lipinski definition) is 0. The lowest BCUT2D eigenvalue weighted by Crippen LogP contribution is -2.23. The number of thiazole rings is 1. The second kappa shape index (κ2) is 6.94. The first-order chi connectivity index (χ1) is 13.0. The van der Waals surface area contributed by atoms with Gasteiger partial charge in [0.15, 0.2) is 5.82 Å². The van der Waals surface area contributed by atoms with Crippen molar-refractivity contribution < 1.29 is 9.53 Å². The Balaban J connectivity index is 1.79. The Morgan fingerprint density at radius 2 is 1.93 bits per heavy atom. The van der Waals surface area contributed by atoms with E-state index in [0.717, 1.165) is 5.56 Å². The number of carbonyl (C=O) groups excluding carboxylic acids is 1. The van der Waals surface area contributed by atoms with Gasteiger partial charge in [-0.2, -0.15) is 9.50 Å². The number of halogens is 1. The number of rotatable bonds is 3. The molecule has 0 radical (unpaired) electrons. The van der Waals surface area contributed by atoms with Crippen LogP contribution in [0.25, 0.3) is 22.4 Å². The van der Waals surface area contributed by atoms with Gasteiger partial charge in [-0.1, -0.05) is 47.2 Å². The highest BCUT2D eigenvalue weighted by Crippen LogP contribution is 2.27. The normalized spacial score (nSPS) is 11.9.